The zero-order valence-electron chi connectivity index (χ0n) is 17.7. The summed E-state index contributed by atoms with van der Waals surface area (Å²) in [6, 6.07) is 13.5. The van der Waals surface area contributed by atoms with Crippen molar-refractivity contribution in [3.05, 3.63) is 71.3 Å². The van der Waals surface area contributed by atoms with Crippen molar-refractivity contribution in [1.82, 2.24) is 9.78 Å². The van der Waals surface area contributed by atoms with Gasteiger partial charge < -0.3 is 14.8 Å². The van der Waals surface area contributed by atoms with Crippen LogP contribution >= 0.6 is 0 Å². The maximum absolute atomic E-state index is 13.2. The highest BCUT2D eigenvalue weighted by Crippen LogP contribution is 2.22. The molecule has 3 aromatic rings. The molecular weight excluding hydrogens is 397 g/mol. The minimum absolute atomic E-state index is 0.138. The summed E-state index contributed by atoms with van der Waals surface area (Å²) in [5.74, 6) is 0.262. The van der Waals surface area contributed by atoms with Crippen molar-refractivity contribution in [2.24, 2.45) is 0 Å². The van der Waals surface area contributed by atoms with E-state index in [-0.39, 0.29) is 24.2 Å². The molecule has 6 nitrogen and oxygen atoms in total. The van der Waals surface area contributed by atoms with E-state index >= 15 is 0 Å². The molecule has 2 aromatic carbocycles. The van der Waals surface area contributed by atoms with Gasteiger partial charge in [-0.15, -0.1) is 0 Å². The summed E-state index contributed by atoms with van der Waals surface area (Å²) < 4.78 is 26.3. The predicted octanol–water partition coefficient (Wildman–Crippen LogP) is 4.37. The van der Waals surface area contributed by atoms with Gasteiger partial charge >= 0.3 is 0 Å². The number of amides is 1. The lowest BCUT2D eigenvalue weighted by atomic mass is 10.1. The summed E-state index contributed by atoms with van der Waals surface area (Å²) in [7, 11) is 0. The van der Waals surface area contributed by atoms with Gasteiger partial charge in [-0.05, 0) is 63.1 Å². The Morgan fingerprint density at radius 2 is 2.06 bits per heavy atom. The molecule has 162 valence electrons. The van der Waals surface area contributed by atoms with E-state index in [1.54, 1.807) is 16.8 Å². The van der Waals surface area contributed by atoms with Crippen LogP contribution < -0.4 is 10.1 Å². The summed E-state index contributed by atoms with van der Waals surface area (Å²) >= 11 is 0. The Balaban J connectivity index is 1.41. The third-order valence-corrected chi connectivity index (χ3v) is 5.43. The topological polar surface area (TPSA) is 65.4 Å². The number of nitrogens with zero attached hydrogens (tertiary/aromatic N) is 2. The van der Waals surface area contributed by atoms with E-state index in [1.807, 2.05) is 38.1 Å². The minimum atomic E-state index is -0.299. The monoisotopic (exact) mass is 423 g/mol. The number of benzene rings is 2. The molecule has 0 radical (unpaired) electrons. The van der Waals surface area contributed by atoms with Crippen molar-refractivity contribution < 1.29 is 18.7 Å². The second kappa shape index (κ2) is 9.31. The van der Waals surface area contributed by atoms with E-state index in [4.69, 9.17) is 9.47 Å². The minimum Gasteiger partial charge on any atom is -0.491 e. The van der Waals surface area contributed by atoms with E-state index in [1.165, 1.54) is 12.1 Å². The molecule has 1 saturated heterocycles. The number of ether oxygens (including phenoxy) is 2. The summed E-state index contributed by atoms with van der Waals surface area (Å²) in [6.07, 6.45) is 2.42. The summed E-state index contributed by atoms with van der Waals surface area (Å²) in [4.78, 5) is 12.7. The molecule has 1 aromatic heterocycles. The van der Waals surface area contributed by atoms with Gasteiger partial charge in [0.1, 0.15) is 18.2 Å². The van der Waals surface area contributed by atoms with Crippen molar-refractivity contribution in [3.8, 4) is 11.4 Å². The van der Waals surface area contributed by atoms with Crippen LogP contribution in [-0.4, -0.2) is 35.0 Å². The highest BCUT2D eigenvalue weighted by Gasteiger charge is 2.17. The molecule has 31 heavy (non-hydrogen) atoms. The zero-order chi connectivity index (χ0) is 21.8. The lowest BCUT2D eigenvalue weighted by Gasteiger charge is -2.12. The fraction of sp³-hybridized carbons (Fsp3) is 0.333. The highest BCUT2D eigenvalue weighted by atomic mass is 19.1. The molecule has 1 unspecified atom stereocenters. The Morgan fingerprint density at radius 1 is 1.26 bits per heavy atom. The number of aryl methyl sites for hydroxylation is 1. The van der Waals surface area contributed by atoms with Gasteiger partial charge in [-0.2, -0.15) is 5.10 Å². The smallest absolute Gasteiger partial charge is 0.228 e. The second-order valence-electron chi connectivity index (χ2n) is 7.74. The second-order valence-corrected chi connectivity index (χ2v) is 7.74. The molecule has 1 N–H and O–H groups in total. The van der Waals surface area contributed by atoms with Crippen LogP contribution in [0, 0.1) is 19.7 Å². The van der Waals surface area contributed by atoms with Crippen LogP contribution in [0.2, 0.25) is 0 Å². The van der Waals surface area contributed by atoms with Crippen LogP contribution in [0.25, 0.3) is 5.69 Å². The van der Waals surface area contributed by atoms with Gasteiger partial charge in [0.05, 0.1) is 23.9 Å². The summed E-state index contributed by atoms with van der Waals surface area (Å²) in [6.45, 7) is 5.08. The molecule has 0 bridgehead atoms. The first-order valence-corrected chi connectivity index (χ1v) is 10.4. The Bertz CT molecular complexity index is 1060. The maximum Gasteiger partial charge on any atom is 0.228 e. The molecule has 1 atom stereocenters. The van der Waals surface area contributed by atoms with Crippen molar-refractivity contribution in [3.63, 3.8) is 0 Å². The summed E-state index contributed by atoms with van der Waals surface area (Å²) in [5.41, 5.74) is 3.91. The van der Waals surface area contributed by atoms with Crippen molar-refractivity contribution >= 4 is 11.6 Å². The summed E-state index contributed by atoms with van der Waals surface area (Å²) in [5, 5.41) is 7.46. The lowest BCUT2D eigenvalue weighted by Crippen LogP contribution is -2.17. The number of hydrogen-bond donors (Lipinski definition) is 1. The van der Waals surface area contributed by atoms with Crippen LogP contribution in [0.1, 0.15) is 29.8 Å². The van der Waals surface area contributed by atoms with Crippen LogP contribution in [0.15, 0.2) is 48.5 Å². The maximum atomic E-state index is 13.2. The fourth-order valence-electron chi connectivity index (χ4n) is 3.76. The van der Waals surface area contributed by atoms with Crippen LogP contribution in [0.3, 0.4) is 0 Å². The first kappa shape index (κ1) is 21.1. The number of rotatable bonds is 7. The van der Waals surface area contributed by atoms with Crippen molar-refractivity contribution in [1.29, 1.82) is 0 Å². The number of halogens is 1. The van der Waals surface area contributed by atoms with Crippen LogP contribution in [0.4, 0.5) is 10.1 Å². The zero-order valence-corrected chi connectivity index (χ0v) is 17.7. The average Bonchev–Trinajstić information content (AvgIpc) is 3.37. The van der Waals surface area contributed by atoms with Gasteiger partial charge in [0.25, 0.3) is 0 Å². The molecule has 1 amide bonds. The molecule has 0 spiro atoms. The van der Waals surface area contributed by atoms with Crippen LogP contribution in [-0.2, 0) is 16.0 Å². The quantitative estimate of drug-likeness (QED) is 0.613. The molecule has 1 aliphatic rings. The van der Waals surface area contributed by atoms with E-state index in [2.05, 4.69) is 10.4 Å². The Labute approximate surface area is 181 Å². The van der Waals surface area contributed by atoms with E-state index in [9.17, 15) is 9.18 Å². The van der Waals surface area contributed by atoms with Gasteiger partial charge in [-0.3, -0.25) is 4.79 Å². The van der Waals surface area contributed by atoms with Crippen molar-refractivity contribution in [2.75, 3.05) is 18.5 Å². The Kier molecular flexibility index (Phi) is 6.32. The SMILES string of the molecule is Cc1nn(-c2ccc(F)cc2)c(C)c1CC(=O)Nc1cccc(OCC2CCCO2)c1. The largest absolute Gasteiger partial charge is 0.491 e. The van der Waals surface area contributed by atoms with Gasteiger partial charge in [-0.25, -0.2) is 9.07 Å². The Hall–Kier alpha value is -3.19. The molecular formula is C24H26FN3O3. The standard InChI is InChI=1S/C24H26FN3O3/c1-16-23(17(2)28(27-16)20-10-8-18(25)9-11-20)14-24(29)26-19-5-3-6-21(13-19)31-15-22-7-4-12-30-22/h3,5-6,8-11,13,22H,4,7,12,14-15H2,1-2H3,(H,26,29). The van der Waals surface area contributed by atoms with E-state index in [0.29, 0.717) is 18.0 Å². The third-order valence-electron chi connectivity index (χ3n) is 5.43. The van der Waals surface area contributed by atoms with E-state index < -0.39 is 0 Å². The first-order chi connectivity index (χ1) is 15.0. The predicted molar refractivity (Wildman–Crippen MR) is 116 cm³/mol. The number of carbonyl (C=O) groups is 1. The first-order valence-electron chi connectivity index (χ1n) is 10.4. The van der Waals surface area contributed by atoms with Crippen LogP contribution in [0.5, 0.6) is 5.75 Å². The molecule has 0 aliphatic carbocycles. The fourth-order valence-corrected chi connectivity index (χ4v) is 3.76. The normalized spacial score (nSPS) is 15.8. The van der Waals surface area contributed by atoms with Crippen molar-refractivity contribution in [2.45, 2.75) is 39.2 Å². The number of aromatic nitrogens is 2. The molecule has 0 saturated carbocycles. The van der Waals surface area contributed by atoms with Gasteiger partial charge in [-0.1, -0.05) is 6.07 Å². The molecule has 1 fully saturated rings. The number of anilines is 1. The molecule has 1 aliphatic heterocycles. The number of nitrogens with one attached hydrogen (secondary N) is 1. The molecule has 7 heteroatoms. The van der Waals surface area contributed by atoms with E-state index in [0.717, 1.165) is 42.1 Å². The number of carbonyl (C=O) groups excluding carboxylic acids is 1. The lowest BCUT2D eigenvalue weighted by molar-refractivity contribution is -0.115. The molecule has 4 rings (SSSR count). The third kappa shape index (κ3) is 5.11. The average molecular weight is 423 g/mol. The Morgan fingerprint density at radius 3 is 2.81 bits per heavy atom. The highest BCUT2D eigenvalue weighted by molar-refractivity contribution is 5.92. The van der Waals surface area contributed by atoms with Gasteiger partial charge in [0.15, 0.2) is 0 Å². The number of hydrogen-bond acceptors (Lipinski definition) is 4. The van der Waals surface area contributed by atoms with Gasteiger partial charge in [0, 0.05) is 29.6 Å². The molecule has 2 heterocycles. The van der Waals surface area contributed by atoms with Gasteiger partial charge in [0.2, 0.25) is 5.91 Å².